The van der Waals surface area contributed by atoms with Crippen molar-refractivity contribution in [1.82, 2.24) is 20.1 Å². The van der Waals surface area contributed by atoms with Gasteiger partial charge in [-0.05, 0) is 48.0 Å². The molecule has 0 saturated carbocycles. The van der Waals surface area contributed by atoms with E-state index in [1.807, 2.05) is 28.8 Å². The van der Waals surface area contributed by atoms with Crippen molar-refractivity contribution in [3.05, 3.63) is 95.2 Å². The lowest BCUT2D eigenvalue weighted by atomic mass is 10.1. The van der Waals surface area contributed by atoms with Crippen LogP contribution in [-0.2, 0) is 6.54 Å². The molecule has 4 rings (SSSR count). The third-order valence-electron chi connectivity index (χ3n) is 4.74. The minimum atomic E-state index is -0.319. The van der Waals surface area contributed by atoms with E-state index in [-0.39, 0.29) is 11.7 Å². The van der Waals surface area contributed by atoms with Gasteiger partial charge in [-0.1, -0.05) is 29.8 Å². The highest BCUT2D eigenvalue weighted by Gasteiger charge is 2.18. The molecule has 156 valence electrons. The summed E-state index contributed by atoms with van der Waals surface area (Å²) in [6, 6.07) is 17.3. The Hall–Kier alpha value is -3.75. The van der Waals surface area contributed by atoms with Crippen molar-refractivity contribution >= 4 is 17.4 Å². The van der Waals surface area contributed by atoms with Crippen molar-refractivity contribution < 1.29 is 4.39 Å². The lowest BCUT2D eigenvalue weighted by Gasteiger charge is -2.12. The van der Waals surface area contributed by atoms with E-state index in [2.05, 4.69) is 20.6 Å². The van der Waals surface area contributed by atoms with Crippen LogP contribution in [0.25, 0.3) is 22.6 Å². The molecule has 5 N–H and O–H groups in total. The quantitative estimate of drug-likeness (QED) is 0.186. The lowest BCUT2D eigenvalue weighted by molar-refractivity contribution is 0.628. The predicted octanol–water partition coefficient (Wildman–Crippen LogP) is 3.54. The smallest absolute Gasteiger partial charge is 0.152 e. The Bertz CT molecular complexity index is 1230. The minimum absolute atomic E-state index is 0.213. The van der Waals surface area contributed by atoms with Gasteiger partial charge in [0, 0.05) is 22.3 Å². The van der Waals surface area contributed by atoms with E-state index < -0.39 is 0 Å². The minimum Gasteiger partial charge on any atom is -0.382 e. The Kier molecular flexibility index (Phi) is 5.92. The highest BCUT2D eigenvalue weighted by molar-refractivity contribution is 6.31. The predicted molar refractivity (Wildman–Crippen MR) is 119 cm³/mol. The van der Waals surface area contributed by atoms with E-state index in [0.717, 1.165) is 16.8 Å². The molecule has 0 aliphatic carbocycles. The fraction of sp³-hybridized carbons (Fsp3) is 0.0455. The fourth-order valence-corrected chi connectivity index (χ4v) is 3.46. The SMILES string of the molecule is NN/N=C(\N)c1ccnc(-c2ncn(Cc3ccccc3Cl)c2-c2ccc(F)cc2)c1. The standard InChI is InChI=1S/C22H19ClFN7/c23-18-4-2-1-3-16(18)12-31-13-28-20(21(31)14-5-7-17(24)8-6-14)19-11-15(9-10-27-19)22(25)29-30-26/h1-11,13,30H,12,26H2,(H2,25,29). The van der Waals surface area contributed by atoms with Gasteiger partial charge < -0.3 is 10.3 Å². The molecule has 0 saturated heterocycles. The molecule has 0 unspecified atom stereocenters. The molecule has 0 fully saturated rings. The molecular weight excluding hydrogens is 417 g/mol. The summed E-state index contributed by atoms with van der Waals surface area (Å²) in [6.45, 7) is 0.486. The molecule has 2 aromatic heterocycles. The van der Waals surface area contributed by atoms with Crippen LogP contribution in [0.2, 0.25) is 5.02 Å². The number of benzene rings is 2. The fourth-order valence-electron chi connectivity index (χ4n) is 3.26. The highest BCUT2D eigenvalue weighted by atomic mass is 35.5. The molecule has 2 heterocycles. The second-order valence-corrected chi connectivity index (χ2v) is 7.13. The van der Waals surface area contributed by atoms with Gasteiger partial charge >= 0.3 is 0 Å². The molecule has 0 aliphatic heterocycles. The Morgan fingerprint density at radius 3 is 2.61 bits per heavy atom. The number of hydrazine groups is 1. The average molecular weight is 436 g/mol. The molecule has 0 aliphatic rings. The molecule has 7 nitrogen and oxygen atoms in total. The van der Waals surface area contributed by atoms with Crippen LogP contribution in [0, 0.1) is 5.82 Å². The zero-order valence-corrected chi connectivity index (χ0v) is 17.1. The zero-order chi connectivity index (χ0) is 21.8. The summed E-state index contributed by atoms with van der Waals surface area (Å²) in [5, 5.41) is 4.46. The monoisotopic (exact) mass is 435 g/mol. The van der Waals surface area contributed by atoms with Crippen LogP contribution in [-0.4, -0.2) is 20.4 Å². The number of nitrogens with two attached hydrogens (primary N) is 2. The first-order valence-electron chi connectivity index (χ1n) is 9.37. The summed E-state index contributed by atoms with van der Waals surface area (Å²) in [5.74, 6) is 5.12. The van der Waals surface area contributed by atoms with Gasteiger partial charge in [-0.3, -0.25) is 4.98 Å². The van der Waals surface area contributed by atoms with Crippen LogP contribution < -0.4 is 17.1 Å². The maximum absolute atomic E-state index is 13.6. The van der Waals surface area contributed by atoms with E-state index in [1.54, 1.807) is 36.8 Å². The van der Waals surface area contributed by atoms with Crippen LogP contribution >= 0.6 is 11.6 Å². The second-order valence-electron chi connectivity index (χ2n) is 6.72. The van der Waals surface area contributed by atoms with Gasteiger partial charge in [-0.15, -0.1) is 5.10 Å². The van der Waals surface area contributed by atoms with Gasteiger partial charge in [0.25, 0.3) is 0 Å². The van der Waals surface area contributed by atoms with Crippen molar-refractivity contribution in [1.29, 1.82) is 0 Å². The summed E-state index contributed by atoms with van der Waals surface area (Å²) in [7, 11) is 0. The Balaban J connectivity index is 1.85. The summed E-state index contributed by atoms with van der Waals surface area (Å²) in [6.07, 6.45) is 3.33. The highest BCUT2D eigenvalue weighted by Crippen LogP contribution is 2.32. The number of hydrogen-bond acceptors (Lipinski definition) is 5. The van der Waals surface area contributed by atoms with Crippen LogP contribution in [0.4, 0.5) is 4.39 Å². The molecule has 0 amide bonds. The number of nitrogens with one attached hydrogen (secondary N) is 1. The lowest BCUT2D eigenvalue weighted by Crippen LogP contribution is -2.23. The molecule has 4 aromatic rings. The molecule has 9 heteroatoms. The van der Waals surface area contributed by atoms with E-state index in [0.29, 0.717) is 28.5 Å². The first-order chi connectivity index (χ1) is 15.1. The van der Waals surface area contributed by atoms with Crippen molar-refractivity contribution in [3.63, 3.8) is 0 Å². The molecule has 0 bridgehead atoms. The first kappa shape index (κ1) is 20.5. The van der Waals surface area contributed by atoms with Crippen molar-refractivity contribution in [2.45, 2.75) is 6.54 Å². The summed E-state index contributed by atoms with van der Waals surface area (Å²) < 4.78 is 15.5. The molecule has 0 radical (unpaired) electrons. The second kappa shape index (κ2) is 8.95. The summed E-state index contributed by atoms with van der Waals surface area (Å²) >= 11 is 6.36. The van der Waals surface area contributed by atoms with E-state index in [9.17, 15) is 4.39 Å². The number of imidazole rings is 1. The van der Waals surface area contributed by atoms with Gasteiger partial charge in [0.1, 0.15) is 11.5 Å². The molecule has 31 heavy (non-hydrogen) atoms. The normalized spacial score (nSPS) is 11.5. The number of hydrogen-bond donors (Lipinski definition) is 3. The number of aromatic nitrogens is 3. The van der Waals surface area contributed by atoms with Crippen LogP contribution in [0.15, 0.2) is 78.3 Å². The van der Waals surface area contributed by atoms with Gasteiger partial charge in [-0.2, -0.15) is 0 Å². The van der Waals surface area contributed by atoms with Crippen LogP contribution in [0.3, 0.4) is 0 Å². The van der Waals surface area contributed by atoms with Gasteiger partial charge in [-0.25, -0.2) is 20.8 Å². The van der Waals surface area contributed by atoms with Gasteiger partial charge in [0.05, 0.1) is 24.3 Å². The van der Waals surface area contributed by atoms with Crippen LogP contribution in [0.1, 0.15) is 11.1 Å². The molecule has 2 aromatic carbocycles. The number of amidine groups is 1. The van der Waals surface area contributed by atoms with E-state index in [4.69, 9.17) is 23.2 Å². The van der Waals surface area contributed by atoms with Gasteiger partial charge in [0.2, 0.25) is 0 Å². The Labute approximate surface area is 183 Å². The third-order valence-corrected chi connectivity index (χ3v) is 5.11. The largest absolute Gasteiger partial charge is 0.382 e. The van der Waals surface area contributed by atoms with E-state index >= 15 is 0 Å². The van der Waals surface area contributed by atoms with Gasteiger partial charge in [0.15, 0.2) is 5.84 Å². The number of nitrogens with zero attached hydrogens (tertiary/aromatic N) is 4. The number of halogens is 2. The average Bonchev–Trinajstić information content (AvgIpc) is 3.20. The summed E-state index contributed by atoms with van der Waals surface area (Å²) in [5.41, 5.74) is 12.5. The Morgan fingerprint density at radius 2 is 1.87 bits per heavy atom. The molecule has 0 atom stereocenters. The molecule has 0 spiro atoms. The van der Waals surface area contributed by atoms with Crippen molar-refractivity contribution in [2.75, 3.05) is 0 Å². The van der Waals surface area contributed by atoms with Crippen molar-refractivity contribution in [2.24, 2.45) is 16.7 Å². The van der Waals surface area contributed by atoms with Crippen molar-refractivity contribution in [3.8, 4) is 22.6 Å². The first-order valence-corrected chi connectivity index (χ1v) is 9.74. The third kappa shape index (κ3) is 4.40. The molecular formula is C22H19ClFN7. The topological polar surface area (TPSA) is 107 Å². The Morgan fingerprint density at radius 1 is 1.10 bits per heavy atom. The van der Waals surface area contributed by atoms with E-state index in [1.165, 1.54) is 12.1 Å². The number of rotatable bonds is 6. The zero-order valence-electron chi connectivity index (χ0n) is 16.3. The maximum atomic E-state index is 13.6. The maximum Gasteiger partial charge on any atom is 0.152 e. The summed E-state index contributed by atoms with van der Waals surface area (Å²) in [4.78, 5) is 9.06. The van der Waals surface area contributed by atoms with Crippen LogP contribution in [0.5, 0.6) is 0 Å². The number of hydrazone groups is 1. The number of pyridine rings is 1.